The second kappa shape index (κ2) is 8.98. The summed E-state index contributed by atoms with van der Waals surface area (Å²) in [6.07, 6.45) is 1.17. The quantitative estimate of drug-likeness (QED) is 0.764. The van der Waals surface area contributed by atoms with Gasteiger partial charge in [0.25, 0.3) is 0 Å². The summed E-state index contributed by atoms with van der Waals surface area (Å²) in [5.74, 6) is 0.0656. The smallest absolute Gasteiger partial charge is 0.305 e. The summed E-state index contributed by atoms with van der Waals surface area (Å²) >= 11 is 0. The van der Waals surface area contributed by atoms with Crippen LogP contribution in [-0.4, -0.2) is 49.3 Å². The van der Waals surface area contributed by atoms with E-state index < -0.39 is 12.0 Å². The van der Waals surface area contributed by atoms with Crippen molar-refractivity contribution in [1.82, 2.24) is 4.90 Å². The first-order chi connectivity index (χ1) is 15.0. The number of carbonyl (C=O) groups is 2. The average Bonchev–Trinajstić information content (AvgIpc) is 2.78. The normalized spacial score (nSPS) is 19.9. The second-order valence-electron chi connectivity index (χ2n) is 7.87. The van der Waals surface area contributed by atoms with Crippen LogP contribution in [0, 0.1) is 0 Å². The number of carbonyl (C=O) groups excluding carboxylic acids is 1. The molecule has 2 aliphatic heterocycles. The van der Waals surface area contributed by atoms with Gasteiger partial charge in [-0.2, -0.15) is 0 Å². The minimum atomic E-state index is -0.954. The van der Waals surface area contributed by atoms with E-state index in [1.54, 1.807) is 25.2 Å². The Hall–Kier alpha value is -3.06. The van der Waals surface area contributed by atoms with Gasteiger partial charge < -0.3 is 24.2 Å². The van der Waals surface area contributed by atoms with Gasteiger partial charge in [-0.3, -0.25) is 9.59 Å². The molecule has 4 rings (SSSR count). The summed E-state index contributed by atoms with van der Waals surface area (Å²) in [5, 5.41) is 9.55. The minimum Gasteiger partial charge on any atom is -0.493 e. The summed E-state index contributed by atoms with van der Waals surface area (Å²) in [7, 11) is 3.11. The molecule has 2 aliphatic rings. The summed E-state index contributed by atoms with van der Waals surface area (Å²) < 4.78 is 16.7. The van der Waals surface area contributed by atoms with Gasteiger partial charge in [-0.1, -0.05) is 24.3 Å². The SMILES string of the molecule is COc1cc2c(cc1OC)C(CC(=O)O)N(C(=O)CC1OCCc3ccccc31)CC2. The maximum Gasteiger partial charge on any atom is 0.305 e. The molecule has 2 heterocycles. The van der Waals surface area contributed by atoms with Crippen LogP contribution in [0.2, 0.25) is 0 Å². The van der Waals surface area contributed by atoms with Gasteiger partial charge >= 0.3 is 5.97 Å². The largest absolute Gasteiger partial charge is 0.493 e. The second-order valence-corrected chi connectivity index (χ2v) is 7.87. The fraction of sp³-hybridized carbons (Fsp3) is 0.417. The van der Waals surface area contributed by atoms with Crippen molar-refractivity contribution in [1.29, 1.82) is 0 Å². The number of methoxy groups -OCH3 is 2. The molecule has 2 atom stereocenters. The molecule has 2 aromatic rings. The maximum absolute atomic E-state index is 13.4. The molecule has 0 aliphatic carbocycles. The molecule has 0 radical (unpaired) electrons. The lowest BCUT2D eigenvalue weighted by Crippen LogP contribution is -2.42. The van der Waals surface area contributed by atoms with E-state index >= 15 is 0 Å². The van der Waals surface area contributed by atoms with E-state index in [9.17, 15) is 14.7 Å². The fourth-order valence-corrected chi connectivity index (χ4v) is 4.63. The predicted octanol–water partition coefficient (Wildman–Crippen LogP) is 3.31. The third-order valence-electron chi connectivity index (χ3n) is 6.14. The van der Waals surface area contributed by atoms with E-state index in [1.807, 2.05) is 24.3 Å². The van der Waals surface area contributed by atoms with Gasteiger partial charge in [-0.05, 0) is 47.2 Å². The number of carboxylic acid groups (broad SMARTS) is 1. The zero-order chi connectivity index (χ0) is 22.0. The third kappa shape index (κ3) is 4.23. The molecule has 7 heteroatoms. The van der Waals surface area contributed by atoms with E-state index in [2.05, 4.69) is 6.07 Å². The van der Waals surface area contributed by atoms with Gasteiger partial charge in [0.1, 0.15) is 0 Å². The molecule has 0 saturated heterocycles. The maximum atomic E-state index is 13.4. The van der Waals surface area contributed by atoms with Crippen molar-refractivity contribution in [2.75, 3.05) is 27.4 Å². The Morgan fingerprint density at radius 3 is 2.52 bits per heavy atom. The molecule has 0 aromatic heterocycles. The molecular weight excluding hydrogens is 398 g/mol. The van der Waals surface area contributed by atoms with Crippen LogP contribution in [0.15, 0.2) is 36.4 Å². The number of aliphatic carboxylic acids is 1. The van der Waals surface area contributed by atoms with Crippen LogP contribution < -0.4 is 9.47 Å². The highest BCUT2D eigenvalue weighted by atomic mass is 16.5. The van der Waals surface area contributed by atoms with Crippen LogP contribution in [-0.2, 0) is 27.2 Å². The first-order valence-electron chi connectivity index (χ1n) is 10.5. The van der Waals surface area contributed by atoms with Crippen LogP contribution in [0.3, 0.4) is 0 Å². The Bertz CT molecular complexity index is 988. The Morgan fingerprint density at radius 1 is 1.03 bits per heavy atom. The number of amides is 1. The van der Waals surface area contributed by atoms with Crippen molar-refractivity contribution < 1.29 is 28.9 Å². The van der Waals surface area contributed by atoms with Gasteiger partial charge in [-0.25, -0.2) is 0 Å². The number of hydrogen-bond donors (Lipinski definition) is 1. The summed E-state index contributed by atoms with van der Waals surface area (Å²) in [4.78, 5) is 26.7. The number of ether oxygens (including phenoxy) is 3. The van der Waals surface area contributed by atoms with Crippen molar-refractivity contribution in [3.63, 3.8) is 0 Å². The van der Waals surface area contributed by atoms with Crippen molar-refractivity contribution >= 4 is 11.9 Å². The Morgan fingerprint density at radius 2 is 1.77 bits per heavy atom. The van der Waals surface area contributed by atoms with Crippen LogP contribution in [0.1, 0.15) is 47.2 Å². The molecule has 1 N–H and O–H groups in total. The van der Waals surface area contributed by atoms with Crippen LogP contribution in [0.5, 0.6) is 11.5 Å². The molecule has 0 bridgehead atoms. The molecule has 7 nitrogen and oxygen atoms in total. The lowest BCUT2D eigenvalue weighted by atomic mass is 9.89. The first-order valence-corrected chi connectivity index (χ1v) is 10.5. The number of rotatable bonds is 6. The van der Waals surface area contributed by atoms with Gasteiger partial charge in [0, 0.05) is 6.54 Å². The Labute approximate surface area is 181 Å². The van der Waals surface area contributed by atoms with Crippen molar-refractivity contribution in [3.05, 3.63) is 58.7 Å². The summed E-state index contributed by atoms with van der Waals surface area (Å²) in [6, 6.07) is 11.1. The lowest BCUT2D eigenvalue weighted by Gasteiger charge is -2.38. The fourth-order valence-electron chi connectivity index (χ4n) is 4.63. The Kier molecular flexibility index (Phi) is 6.13. The van der Waals surface area contributed by atoms with Gasteiger partial charge in [0.05, 0.1) is 45.8 Å². The van der Waals surface area contributed by atoms with Crippen LogP contribution in [0.25, 0.3) is 0 Å². The number of nitrogens with zero attached hydrogens (tertiary/aromatic N) is 1. The summed E-state index contributed by atoms with van der Waals surface area (Å²) in [5.41, 5.74) is 4.02. The van der Waals surface area contributed by atoms with E-state index in [4.69, 9.17) is 14.2 Å². The zero-order valence-corrected chi connectivity index (χ0v) is 17.8. The van der Waals surface area contributed by atoms with E-state index in [-0.39, 0.29) is 24.9 Å². The van der Waals surface area contributed by atoms with Gasteiger partial charge in [-0.15, -0.1) is 0 Å². The van der Waals surface area contributed by atoms with Crippen LogP contribution >= 0.6 is 0 Å². The average molecular weight is 425 g/mol. The van der Waals surface area contributed by atoms with Crippen molar-refractivity contribution in [2.24, 2.45) is 0 Å². The zero-order valence-electron chi connectivity index (χ0n) is 17.8. The van der Waals surface area contributed by atoms with Gasteiger partial charge in [0.2, 0.25) is 5.91 Å². The number of carboxylic acids is 1. The standard InChI is InChI=1S/C24H27NO6/c1-29-21-11-16-7-9-25(19(13-24(27)28)18(16)12-22(21)30-2)23(26)14-20-17-6-4-3-5-15(17)8-10-31-20/h3-6,11-12,19-20H,7-10,13-14H2,1-2H3,(H,27,28). The molecule has 164 valence electrons. The lowest BCUT2D eigenvalue weighted by molar-refractivity contribution is -0.142. The van der Waals surface area contributed by atoms with Gasteiger partial charge in [0.15, 0.2) is 11.5 Å². The van der Waals surface area contributed by atoms with Crippen molar-refractivity contribution in [2.45, 2.75) is 37.8 Å². The molecule has 2 aromatic carbocycles. The monoisotopic (exact) mass is 425 g/mol. The molecule has 31 heavy (non-hydrogen) atoms. The number of fused-ring (bicyclic) bond motifs is 2. The topological polar surface area (TPSA) is 85.3 Å². The molecule has 1 amide bonds. The minimum absolute atomic E-state index is 0.103. The van der Waals surface area contributed by atoms with Crippen molar-refractivity contribution in [3.8, 4) is 11.5 Å². The first kappa shape index (κ1) is 21.2. The molecule has 0 fully saturated rings. The highest BCUT2D eigenvalue weighted by Gasteiger charge is 2.35. The molecule has 0 saturated carbocycles. The number of hydrogen-bond acceptors (Lipinski definition) is 5. The highest BCUT2D eigenvalue weighted by Crippen LogP contribution is 2.40. The summed E-state index contributed by atoms with van der Waals surface area (Å²) in [6.45, 7) is 1.03. The number of benzene rings is 2. The Balaban J connectivity index is 1.62. The molecule has 0 spiro atoms. The highest BCUT2D eigenvalue weighted by molar-refractivity contribution is 5.79. The van der Waals surface area contributed by atoms with E-state index in [1.165, 1.54) is 5.56 Å². The van der Waals surface area contributed by atoms with E-state index in [0.717, 1.165) is 23.1 Å². The predicted molar refractivity (Wildman–Crippen MR) is 113 cm³/mol. The van der Waals surface area contributed by atoms with E-state index in [0.29, 0.717) is 31.1 Å². The molecule has 2 unspecified atom stereocenters. The van der Waals surface area contributed by atoms with Crippen LogP contribution in [0.4, 0.5) is 0 Å². The third-order valence-corrected chi connectivity index (χ3v) is 6.14. The molecular formula is C24H27NO6.